The molecular weight excluding hydrogens is 414 g/mol. The summed E-state index contributed by atoms with van der Waals surface area (Å²) in [4.78, 5) is 26.7. The van der Waals surface area contributed by atoms with E-state index in [0.717, 1.165) is 6.42 Å². The SMILES string of the molecule is Cc1ccc(NC(=O)[C@@H]2CS[C@]3(C)CCC(=O)N23)cc1S(=O)(=O)N1CCOCC1. The third kappa shape index (κ3) is 3.67. The van der Waals surface area contributed by atoms with Crippen LogP contribution in [0.2, 0.25) is 0 Å². The number of carbonyl (C=O) groups excluding carboxylic acids is 2. The number of benzene rings is 1. The maximum absolute atomic E-state index is 13.0. The van der Waals surface area contributed by atoms with Crippen LogP contribution in [0.5, 0.6) is 0 Å². The number of ether oxygens (including phenoxy) is 1. The third-order valence-corrected chi connectivity index (χ3v) is 9.34. The van der Waals surface area contributed by atoms with E-state index in [0.29, 0.717) is 49.7 Å². The highest BCUT2D eigenvalue weighted by molar-refractivity contribution is 8.01. The molecule has 8 nitrogen and oxygen atoms in total. The maximum Gasteiger partial charge on any atom is 0.248 e. The minimum absolute atomic E-state index is 0.00265. The van der Waals surface area contributed by atoms with Crippen molar-refractivity contribution in [2.45, 2.75) is 42.5 Å². The molecule has 1 N–H and O–H groups in total. The maximum atomic E-state index is 13.0. The zero-order chi connectivity index (χ0) is 20.8. The fourth-order valence-electron chi connectivity index (χ4n) is 4.12. The lowest BCUT2D eigenvalue weighted by Gasteiger charge is -2.30. The van der Waals surface area contributed by atoms with Crippen LogP contribution >= 0.6 is 11.8 Å². The molecule has 29 heavy (non-hydrogen) atoms. The number of hydrogen-bond donors (Lipinski definition) is 1. The number of nitrogens with zero attached hydrogens (tertiary/aromatic N) is 2. The number of nitrogens with one attached hydrogen (secondary N) is 1. The van der Waals surface area contributed by atoms with Gasteiger partial charge in [-0.3, -0.25) is 9.59 Å². The smallest absolute Gasteiger partial charge is 0.248 e. The van der Waals surface area contributed by atoms with Crippen LogP contribution in [0.25, 0.3) is 0 Å². The number of thioether (sulfide) groups is 1. The Hall–Kier alpha value is -1.62. The Kier molecular flexibility index (Phi) is 5.39. The van der Waals surface area contributed by atoms with Gasteiger partial charge in [-0.1, -0.05) is 6.07 Å². The zero-order valence-corrected chi connectivity index (χ0v) is 18.1. The second-order valence-corrected chi connectivity index (χ2v) is 11.2. The zero-order valence-electron chi connectivity index (χ0n) is 16.5. The number of rotatable bonds is 4. The molecule has 3 fully saturated rings. The van der Waals surface area contributed by atoms with Crippen LogP contribution in [0.4, 0.5) is 5.69 Å². The number of anilines is 1. The van der Waals surface area contributed by atoms with E-state index in [1.54, 1.807) is 35.7 Å². The van der Waals surface area contributed by atoms with Crippen LogP contribution in [0.15, 0.2) is 23.1 Å². The standard InChI is InChI=1S/C19H25N3O5S2/c1-13-3-4-14(11-16(13)29(25,26)21-7-9-27-10-8-21)20-18(24)15-12-28-19(2)6-5-17(23)22(15)19/h3-4,11,15H,5-10,12H2,1-2H3,(H,20,24)/t15-,19+/m0/s1. The number of hydrogen-bond acceptors (Lipinski definition) is 6. The minimum Gasteiger partial charge on any atom is -0.379 e. The van der Waals surface area contributed by atoms with Crippen molar-refractivity contribution in [1.29, 1.82) is 0 Å². The molecule has 0 aromatic heterocycles. The topological polar surface area (TPSA) is 96.0 Å². The van der Waals surface area contributed by atoms with Crippen molar-refractivity contribution in [1.82, 2.24) is 9.21 Å². The van der Waals surface area contributed by atoms with Crippen molar-refractivity contribution in [3.63, 3.8) is 0 Å². The molecule has 158 valence electrons. The lowest BCUT2D eigenvalue weighted by Crippen LogP contribution is -2.48. The van der Waals surface area contributed by atoms with Gasteiger partial charge < -0.3 is 15.0 Å². The van der Waals surface area contributed by atoms with Crippen LogP contribution in [0.1, 0.15) is 25.3 Å². The van der Waals surface area contributed by atoms with Gasteiger partial charge in [-0.15, -0.1) is 11.8 Å². The number of carbonyl (C=O) groups is 2. The number of fused-ring (bicyclic) bond motifs is 1. The molecule has 0 spiro atoms. The van der Waals surface area contributed by atoms with E-state index in [1.807, 2.05) is 6.92 Å². The first kappa shape index (κ1) is 20.6. The van der Waals surface area contributed by atoms with Crippen LogP contribution < -0.4 is 5.32 Å². The van der Waals surface area contributed by atoms with Gasteiger partial charge in [0.1, 0.15) is 6.04 Å². The summed E-state index contributed by atoms with van der Waals surface area (Å²) in [5.74, 6) is 0.256. The van der Waals surface area contributed by atoms with E-state index in [9.17, 15) is 18.0 Å². The fraction of sp³-hybridized carbons (Fsp3) is 0.579. The number of morpholine rings is 1. The number of aryl methyl sites for hydroxylation is 1. The van der Waals surface area contributed by atoms with Crippen molar-refractivity contribution in [2.75, 3.05) is 37.4 Å². The van der Waals surface area contributed by atoms with E-state index in [1.165, 1.54) is 10.4 Å². The van der Waals surface area contributed by atoms with Gasteiger partial charge in [-0.2, -0.15) is 4.31 Å². The first-order valence-electron chi connectivity index (χ1n) is 9.68. The molecule has 1 aromatic rings. The van der Waals surface area contributed by atoms with Crippen LogP contribution in [-0.2, 0) is 24.3 Å². The van der Waals surface area contributed by atoms with Crippen LogP contribution in [0, 0.1) is 6.92 Å². The van der Waals surface area contributed by atoms with E-state index >= 15 is 0 Å². The van der Waals surface area contributed by atoms with Crippen molar-refractivity contribution in [2.24, 2.45) is 0 Å². The molecule has 10 heteroatoms. The largest absolute Gasteiger partial charge is 0.379 e. The molecule has 3 aliphatic rings. The summed E-state index contributed by atoms with van der Waals surface area (Å²) in [6.45, 7) is 5.10. The van der Waals surface area contributed by atoms with Crippen molar-refractivity contribution in [3.8, 4) is 0 Å². The Bertz CT molecular complexity index is 945. The van der Waals surface area contributed by atoms with Crippen LogP contribution in [0.3, 0.4) is 0 Å². The van der Waals surface area contributed by atoms with Gasteiger partial charge >= 0.3 is 0 Å². The summed E-state index contributed by atoms with van der Waals surface area (Å²) in [6, 6.07) is 4.35. The second-order valence-electron chi connectivity index (χ2n) is 7.75. The van der Waals surface area contributed by atoms with Gasteiger partial charge in [0.2, 0.25) is 21.8 Å². The lowest BCUT2D eigenvalue weighted by atomic mass is 10.2. The van der Waals surface area contributed by atoms with Gasteiger partial charge in [0.15, 0.2) is 0 Å². The third-order valence-electron chi connectivity index (χ3n) is 5.79. The molecule has 3 aliphatic heterocycles. The van der Waals surface area contributed by atoms with Gasteiger partial charge in [-0.25, -0.2) is 8.42 Å². The molecular formula is C19H25N3O5S2. The molecule has 0 saturated carbocycles. The molecule has 4 rings (SSSR count). The average molecular weight is 440 g/mol. The highest BCUT2D eigenvalue weighted by Crippen LogP contribution is 2.47. The molecule has 0 radical (unpaired) electrons. The molecule has 0 bridgehead atoms. The average Bonchev–Trinajstić information content (AvgIpc) is 3.20. The van der Waals surface area contributed by atoms with Crippen molar-refractivity contribution in [3.05, 3.63) is 23.8 Å². The molecule has 1 aromatic carbocycles. The van der Waals surface area contributed by atoms with Gasteiger partial charge in [0, 0.05) is 31.0 Å². The van der Waals surface area contributed by atoms with E-state index in [2.05, 4.69) is 5.32 Å². The molecule has 0 unspecified atom stereocenters. The quantitative estimate of drug-likeness (QED) is 0.762. The Morgan fingerprint density at radius 2 is 2.03 bits per heavy atom. The van der Waals surface area contributed by atoms with Gasteiger partial charge in [-0.05, 0) is 38.0 Å². The summed E-state index contributed by atoms with van der Waals surface area (Å²) in [6.07, 6.45) is 1.20. The Labute approximate surface area is 175 Å². The minimum atomic E-state index is -3.67. The molecule has 2 amide bonds. The fourth-order valence-corrected chi connectivity index (χ4v) is 7.21. The molecule has 3 heterocycles. The molecule has 3 saturated heterocycles. The Morgan fingerprint density at radius 1 is 1.31 bits per heavy atom. The number of sulfonamides is 1. The highest BCUT2D eigenvalue weighted by Gasteiger charge is 2.52. The Morgan fingerprint density at radius 3 is 2.76 bits per heavy atom. The summed E-state index contributed by atoms with van der Waals surface area (Å²) in [5, 5.41) is 2.82. The van der Waals surface area contributed by atoms with Gasteiger partial charge in [0.05, 0.1) is 23.0 Å². The van der Waals surface area contributed by atoms with E-state index in [4.69, 9.17) is 4.74 Å². The predicted octanol–water partition coefficient (Wildman–Crippen LogP) is 1.41. The van der Waals surface area contributed by atoms with Crippen LogP contribution in [-0.4, -0.2) is 72.4 Å². The summed E-state index contributed by atoms with van der Waals surface area (Å²) in [5.41, 5.74) is 1.03. The second kappa shape index (κ2) is 7.57. The van der Waals surface area contributed by atoms with E-state index < -0.39 is 16.1 Å². The first-order chi connectivity index (χ1) is 13.7. The molecule has 2 atom stereocenters. The van der Waals surface area contributed by atoms with Crippen molar-refractivity contribution < 1.29 is 22.7 Å². The molecule has 0 aliphatic carbocycles. The lowest BCUT2D eigenvalue weighted by molar-refractivity contribution is -0.135. The first-order valence-corrected chi connectivity index (χ1v) is 12.1. The van der Waals surface area contributed by atoms with Crippen molar-refractivity contribution >= 4 is 39.3 Å². The Balaban J connectivity index is 1.55. The summed E-state index contributed by atoms with van der Waals surface area (Å²) < 4.78 is 32.7. The summed E-state index contributed by atoms with van der Waals surface area (Å²) in [7, 11) is -3.67. The van der Waals surface area contributed by atoms with E-state index in [-0.39, 0.29) is 21.6 Å². The summed E-state index contributed by atoms with van der Waals surface area (Å²) >= 11 is 1.62. The van der Waals surface area contributed by atoms with Gasteiger partial charge in [0.25, 0.3) is 0 Å². The highest BCUT2D eigenvalue weighted by atomic mass is 32.2. The predicted molar refractivity (Wildman–Crippen MR) is 110 cm³/mol. The number of amides is 2. The monoisotopic (exact) mass is 439 g/mol. The normalized spacial score (nSPS) is 27.9.